The highest BCUT2D eigenvalue weighted by Gasteiger charge is 2.30. The fourth-order valence-electron chi connectivity index (χ4n) is 1.32. The first-order valence-electron chi connectivity index (χ1n) is 5.34. The van der Waals surface area contributed by atoms with Crippen LogP contribution >= 0.6 is 11.8 Å². The summed E-state index contributed by atoms with van der Waals surface area (Å²) in [6.07, 6.45) is -2.55. The molecule has 0 fully saturated rings. The third kappa shape index (κ3) is 4.52. The minimum atomic E-state index is -4.35. The van der Waals surface area contributed by atoms with Gasteiger partial charge in [0.25, 0.3) is 0 Å². The van der Waals surface area contributed by atoms with Gasteiger partial charge >= 0.3 is 6.18 Å². The minimum Gasteiger partial charge on any atom is -0.397 e. The zero-order valence-electron chi connectivity index (χ0n) is 9.76. The van der Waals surface area contributed by atoms with Crippen LogP contribution in [0.15, 0.2) is 30.9 Å². The molecule has 1 aromatic carbocycles. The first-order valence-corrected chi connectivity index (χ1v) is 6.50. The van der Waals surface area contributed by atoms with E-state index < -0.39 is 11.7 Å². The highest BCUT2D eigenvalue weighted by molar-refractivity contribution is 7.99. The molecule has 0 aliphatic rings. The fraction of sp³-hybridized carbons (Fsp3) is 0.333. The van der Waals surface area contributed by atoms with E-state index in [-0.39, 0.29) is 5.69 Å². The van der Waals surface area contributed by atoms with Gasteiger partial charge in [0.05, 0.1) is 16.9 Å². The molecule has 1 rings (SSSR count). The topological polar surface area (TPSA) is 38.0 Å². The van der Waals surface area contributed by atoms with E-state index >= 15 is 0 Å². The molecule has 0 aromatic heterocycles. The summed E-state index contributed by atoms with van der Waals surface area (Å²) >= 11 is 1.68. The highest BCUT2D eigenvalue weighted by Crippen LogP contribution is 2.32. The molecule has 0 heterocycles. The molecule has 0 aliphatic carbocycles. The average Bonchev–Trinajstić information content (AvgIpc) is 2.29. The second-order valence-electron chi connectivity index (χ2n) is 3.59. The van der Waals surface area contributed by atoms with E-state index in [1.54, 1.807) is 17.8 Å². The predicted octanol–water partition coefficient (Wildman–Crippen LogP) is 3.62. The Morgan fingerprint density at radius 3 is 2.67 bits per heavy atom. The van der Waals surface area contributed by atoms with E-state index in [0.717, 1.165) is 23.6 Å². The van der Waals surface area contributed by atoms with Crippen LogP contribution in [-0.2, 0) is 6.18 Å². The average molecular weight is 276 g/mol. The molecule has 18 heavy (non-hydrogen) atoms. The van der Waals surface area contributed by atoms with Crippen LogP contribution in [0.25, 0.3) is 0 Å². The number of nitrogens with one attached hydrogen (secondary N) is 1. The normalized spacial score (nSPS) is 11.3. The molecule has 0 amide bonds. The summed E-state index contributed by atoms with van der Waals surface area (Å²) in [6, 6.07) is 3.32. The summed E-state index contributed by atoms with van der Waals surface area (Å²) < 4.78 is 37.2. The van der Waals surface area contributed by atoms with Crippen molar-refractivity contribution < 1.29 is 13.2 Å². The largest absolute Gasteiger partial charge is 0.416 e. The van der Waals surface area contributed by atoms with Crippen molar-refractivity contribution in [3.05, 3.63) is 36.4 Å². The number of nitrogen functional groups attached to an aromatic ring is 1. The van der Waals surface area contributed by atoms with Gasteiger partial charge in [-0.05, 0) is 18.2 Å². The maximum atomic E-state index is 12.4. The van der Waals surface area contributed by atoms with Crippen molar-refractivity contribution in [2.75, 3.05) is 29.1 Å². The molecule has 0 aliphatic heterocycles. The molecular weight excluding hydrogens is 261 g/mol. The summed E-state index contributed by atoms with van der Waals surface area (Å²) in [5, 5.41) is 3.00. The number of alkyl halides is 3. The van der Waals surface area contributed by atoms with Crippen molar-refractivity contribution in [3.8, 4) is 0 Å². The lowest BCUT2D eigenvalue weighted by Crippen LogP contribution is -2.09. The van der Waals surface area contributed by atoms with E-state index in [1.807, 2.05) is 0 Å². The molecule has 2 nitrogen and oxygen atoms in total. The molecule has 1 aromatic rings. The Morgan fingerprint density at radius 1 is 1.39 bits per heavy atom. The molecule has 0 unspecified atom stereocenters. The van der Waals surface area contributed by atoms with Gasteiger partial charge in [0.2, 0.25) is 0 Å². The first kappa shape index (κ1) is 14.8. The molecule has 100 valence electrons. The summed E-state index contributed by atoms with van der Waals surface area (Å²) in [6.45, 7) is 4.24. The predicted molar refractivity (Wildman–Crippen MR) is 71.9 cm³/mol. The Kier molecular flexibility index (Phi) is 5.40. The maximum Gasteiger partial charge on any atom is 0.416 e. The third-order valence-electron chi connectivity index (χ3n) is 2.18. The maximum absolute atomic E-state index is 12.4. The number of hydrogen-bond acceptors (Lipinski definition) is 3. The van der Waals surface area contributed by atoms with Gasteiger partial charge in [0, 0.05) is 18.1 Å². The van der Waals surface area contributed by atoms with Crippen molar-refractivity contribution in [1.29, 1.82) is 0 Å². The number of rotatable bonds is 6. The van der Waals surface area contributed by atoms with Crippen molar-refractivity contribution in [2.45, 2.75) is 6.18 Å². The molecular formula is C12H15F3N2S. The van der Waals surface area contributed by atoms with Gasteiger partial charge in [0.1, 0.15) is 0 Å². The number of thioether (sulfide) groups is 1. The molecule has 0 bridgehead atoms. The first-order chi connectivity index (χ1) is 8.45. The summed E-state index contributed by atoms with van der Waals surface area (Å²) in [4.78, 5) is 0. The summed E-state index contributed by atoms with van der Waals surface area (Å²) in [7, 11) is 0. The van der Waals surface area contributed by atoms with Crippen LogP contribution in [0.3, 0.4) is 0 Å². The number of hydrogen-bond donors (Lipinski definition) is 2. The number of halogens is 3. The van der Waals surface area contributed by atoms with Gasteiger partial charge in [-0.3, -0.25) is 0 Å². The zero-order valence-corrected chi connectivity index (χ0v) is 10.6. The Labute approximate surface area is 108 Å². The van der Waals surface area contributed by atoms with Crippen LogP contribution in [0.2, 0.25) is 0 Å². The quantitative estimate of drug-likeness (QED) is 0.473. The van der Waals surface area contributed by atoms with Crippen LogP contribution in [0.5, 0.6) is 0 Å². The lowest BCUT2D eigenvalue weighted by atomic mass is 10.1. The highest BCUT2D eigenvalue weighted by atomic mass is 32.2. The van der Waals surface area contributed by atoms with Gasteiger partial charge in [-0.1, -0.05) is 6.08 Å². The second-order valence-corrected chi connectivity index (χ2v) is 4.74. The van der Waals surface area contributed by atoms with Gasteiger partial charge in [-0.25, -0.2) is 0 Å². The smallest absolute Gasteiger partial charge is 0.397 e. The second kappa shape index (κ2) is 6.58. The number of benzene rings is 1. The van der Waals surface area contributed by atoms with Crippen molar-refractivity contribution >= 4 is 23.1 Å². The van der Waals surface area contributed by atoms with E-state index in [4.69, 9.17) is 5.73 Å². The van der Waals surface area contributed by atoms with E-state index in [2.05, 4.69) is 11.9 Å². The lowest BCUT2D eigenvalue weighted by Gasteiger charge is -2.12. The lowest BCUT2D eigenvalue weighted by molar-refractivity contribution is -0.137. The number of anilines is 2. The van der Waals surface area contributed by atoms with Crippen LogP contribution in [-0.4, -0.2) is 18.1 Å². The van der Waals surface area contributed by atoms with Crippen LogP contribution in [0, 0.1) is 0 Å². The third-order valence-corrected chi connectivity index (χ3v) is 3.14. The van der Waals surface area contributed by atoms with E-state index in [1.165, 1.54) is 6.07 Å². The van der Waals surface area contributed by atoms with Gasteiger partial charge in [0.15, 0.2) is 0 Å². The number of nitrogens with two attached hydrogens (primary N) is 1. The molecule has 0 radical (unpaired) electrons. The molecule has 0 saturated heterocycles. The Hall–Kier alpha value is -1.30. The molecule has 6 heteroatoms. The Morgan fingerprint density at radius 2 is 2.11 bits per heavy atom. The molecule has 3 N–H and O–H groups in total. The zero-order chi connectivity index (χ0) is 13.6. The minimum absolute atomic E-state index is 0.110. The fourth-order valence-corrected chi connectivity index (χ4v) is 1.90. The summed E-state index contributed by atoms with van der Waals surface area (Å²) in [5.74, 6) is 1.69. The van der Waals surface area contributed by atoms with Crippen LogP contribution < -0.4 is 11.1 Å². The molecule has 0 spiro atoms. The SMILES string of the molecule is C=CCSCCNc1ccc(C(F)(F)F)cc1N. The molecule has 0 atom stereocenters. The van der Waals surface area contributed by atoms with Crippen molar-refractivity contribution in [3.63, 3.8) is 0 Å². The standard InChI is InChI=1S/C12H15F3N2S/c1-2-6-18-7-5-17-11-4-3-9(8-10(11)16)12(13,14)15/h2-4,8,17H,1,5-7,16H2. The molecule has 0 saturated carbocycles. The Balaban J connectivity index is 2.55. The van der Waals surface area contributed by atoms with Crippen molar-refractivity contribution in [2.24, 2.45) is 0 Å². The van der Waals surface area contributed by atoms with Crippen LogP contribution in [0.4, 0.5) is 24.5 Å². The van der Waals surface area contributed by atoms with Gasteiger partial charge in [-0.15, -0.1) is 6.58 Å². The summed E-state index contributed by atoms with van der Waals surface area (Å²) in [5.41, 5.74) is 5.48. The van der Waals surface area contributed by atoms with Gasteiger partial charge < -0.3 is 11.1 Å². The Bertz CT molecular complexity index is 405. The van der Waals surface area contributed by atoms with E-state index in [0.29, 0.717) is 12.2 Å². The van der Waals surface area contributed by atoms with Gasteiger partial charge in [-0.2, -0.15) is 24.9 Å². The van der Waals surface area contributed by atoms with Crippen LogP contribution in [0.1, 0.15) is 5.56 Å². The van der Waals surface area contributed by atoms with Crippen molar-refractivity contribution in [1.82, 2.24) is 0 Å². The monoisotopic (exact) mass is 276 g/mol. The van der Waals surface area contributed by atoms with E-state index in [9.17, 15) is 13.2 Å².